The summed E-state index contributed by atoms with van der Waals surface area (Å²) in [6, 6.07) is 5.33. The van der Waals surface area contributed by atoms with E-state index in [-0.39, 0.29) is 0 Å². The van der Waals surface area contributed by atoms with E-state index >= 15 is 0 Å². The normalized spacial score (nSPS) is 8.82. The van der Waals surface area contributed by atoms with E-state index in [0.717, 1.165) is 11.3 Å². The van der Waals surface area contributed by atoms with Gasteiger partial charge in [0.25, 0.3) is 0 Å². The van der Waals surface area contributed by atoms with Crippen LogP contribution in [0.5, 0.6) is 0 Å². The second kappa shape index (κ2) is 3.27. The molecule has 0 radical (unpaired) electrons. The quantitative estimate of drug-likeness (QED) is 0.514. The molecule has 1 aromatic carbocycles. The number of hydrogen-bond donors (Lipinski definition) is 1. The Kier molecular flexibility index (Phi) is 2.35. The van der Waals surface area contributed by atoms with Crippen molar-refractivity contribution in [2.75, 3.05) is 5.32 Å². The highest BCUT2D eigenvalue weighted by atomic mass is 35.5. The summed E-state index contributed by atoms with van der Waals surface area (Å²) < 4.78 is 0. The third-order valence-corrected chi connectivity index (χ3v) is 1.61. The van der Waals surface area contributed by atoms with Gasteiger partial charge in [0.1, 0.15) is 0 Å². The van der Waals surface area contributed by atoms with Gasteiger partial charge in [0, 0.05) is 5.02 Å². The average Bonchev–Trinajstić information content (AvgIpc) is 1.95. The molecule has 0 aliphatic heterocycles. The van der Waals surface area contributed by atoms with E-state index < -0.39 is 0 Å². The Balaban J connectivity index is 3.01. The molecule has 11 heavy (non-hydrogen) atoms. The average molecular weight is 167 g/mol. The molecule has 0 aliphatic carbocycles. The number of rotatable bonds is 1. The molecular formula is C8H7ClN2. The zero-order valence-electron chi connectivity index (χ0n) is 6.06. The van der Waals surface area contributed by atoms with Crippen molar-refractivity contribution in [3.8, 4) is 6.19 Å². The molecule has 3 heteroatoms. The minimum absolute atomic E-state index is 0.686. The number of anilines is 1. The molecule has 0 atom stereocenters. The van der Waals surface area contributed by atoms with Gasteiger partial charge in [-0.1, -0.05) is 11.6 Å². The molecule has 0 amide bonds. The third kappa shape index (κ3) is 1.86. The van der Waals surface area contributed by atoms with Gasteiger partial charge in [0.2, 0.25) is 0 Å². The molecule has 2 nitrogen and oxygen atoms in total. The molecular weight excluding hydrogens is 160 g/mol. The highest BCUT2D eigenvalue weighted by Gasteiger charge is 1.95. The summed E-state index contributed by atoms with van der Waals surface area (Å²) in [5.74, 6) is 0. The van der Waals surface area contributed by atoms with Crippen LogP contribution in [0.2, 0.25) is 5.02 Å². The molecule has 0 heterocycles. The highest BCUT2D eigenvalue weighted by molar-refractivity contribution is 6.30. The van der Waals surface area contributed by atoms with Crippen molar-refractivity contribution in [3.63, 3.8) is 0 Å². The number of aryl methyl sites for hydroxylation is 1. The lowest BCUT2D eigenvalue weighted by Gasteiger charge is -2.01. The van der Waals surface area contributed by atoms with Crippen LogP contribution in [-0.4, -0.2) is 0 Å². The molecule has 0 fully saturated rings. The third-order valence-electron chi connectivity index (χ3n) is 1.38. The molecule has 0 unspecified atom stereocenters. The maximum Gasteiger partial charge on any atom is 0.181 e. The second-order valence-electron chi connectivity index (χ2n) is 2.20. The standard InChI is InChI=1S/C8H7ClN2/c1-6-4-7(9)2-3-8(6)11-5-10/h2-4,11H,1H3. The molecule has 0 aliphatic rings. The zero-order valence-corrected chi connectivity index (χ0v) is 6.81. The molecule has 1 N–H and O–H groups in total. The Bertz CT molecular complexity index is 301. The first kappa shape index (κ1) is 7.90. The second-order valence-corrected chi connectivity index (χ2v) is 2.63. The van der Waals surface area contributed by atoms with E-state index in [1.807, 2.05) is 13.1 Å². The lowest BCUT2D eigenvalue weighted by Crippen LogP contribution is -1.89. The number of benzene rings is 1. The van der Waals surface area contributed by atoms with Crippen molar-refractivity contribution < 1.29 is 0 Å². The van der Waals surface area contributed by atoms with E-state index in [4.69, 9.17) is 16.9 Å². The van der Waals surface area contributed by atoms with Gasteiger partial charge in [-0.05, 0) is 30.7 Å². The largest absolute Gasteiger partial charge is 0.293 e. The van der Waals surface area contributed by atoms with E-state index in [1.54, 1.807) is 18.2 Å². The van der Waals surface area contributed by atoms with Gasteiger partial charge in [-0.3, -0.25) is 5.32 Å². The molecule has 1 rings (SSSR count). The van der Waals surface area contributed by atoms with Crippen LogP contribution >= 0.6 is 11.6 Å². The van der Waals surface area contributed by atoms with Crippen LogP contribution in [0.1, 0.15) is 5.56 Å². The van der Waals surface area contributed by atoms with Gasteiger partial charge < -0.3 is 0 Å². The number of nitrogens with one attached hydrogen (secondary N) is 1. The van der Waals surface area contributed by atoms with Gasteiger partial charge in [-0.25, -0.2) is 0 Å². The first-order valence-corrected chi connectivity index (χ1v) is 3.53. The Morgan fingerprint density at radius 2 is 2.27 bits per heavy atom. The molecule has 0 saturated carbocycles. The van der Waals surface area contributed by atoms with E-state index in [1.165, 1.54) is 0 Å². The first-order chi connectivity index (χ1) is 5.24. The Hall–Kier alpha value is -1.20. The van der Waals surface area contributed by atoms with Crippen LogP contribution in [0.15, 0.2) is 18.2 Å². The minimum atomic E-state index is 0.686. The van der Waals surface area contributed by atoms with Gasteiger partial charge >= 0.3 is 0 Å². The minimum Gasteiger partial charge on any atom is -0.293 e. The number of halogens is 1. The fourth-order valence-electron chi connectivity index (χ4n) is 0.828. The fourth-order valence-corrected chi connectivity index (χ4v) is 1.05. The number of hydrogen-bond acceptors (Lipinski definition) is 2. The van der Waals surface area contributed by atoms with Crippen molar-refractivity contribution in [3.05, 3.63) is 28.8 Å². The van der Waals surface area contributed by atoms with Crippen LogP contribution < -0.4 is 5.32 Å². The maximum atomic E-state index is 8.32. The predicted molar refractivity (Wildman–Crippen MR) is 45.4 cm³/mol. The maximum absolute atomic E-state index is 8.32. The summed E-state index contributed by atoms with van der Waals surface area (Å²) in [4.78, 5) is 0. The number of nitrogens with zero attached hydrogens (tertiary/aromatic N) is 1. The summed E-state index contributed by atoms with van der Waals surface area (Å²) in [5.41, 5.74) is 1.77. The summed E-state index contributed by atoms with van der Waals surface area (Å²) in [5, 5.41) is 11.6. The topological polar surface area (TPSA) is 35.8 Å². The summed E-state index contributed by atoms with van der Waals surface area (Å²) in [7, 11) is 0. The molecule has 1 aromatic rings. The van der Waals surface area contributed by atoms with Gasteiger partial charge in [-0.15, -0.1) is 0 Å². The smallest absolute Gasteiger partial charge is 0.181 e. The van der Waals surface area contributed by atoms with E-state index in [0.29, 0.717) is 5.02 Å². The van der Waals surface area contributed by atoms with Crippen LogP contribution in [0, 0.1) is 18.4 Å². The molecule has 0 saturated heterocycles. The van der Waals surface area contributed by atoms with Gasteiger partial charge in [0.05, 0.1) is 5.69 Å². The molecule has 0 bridgehead atoms. The van der Waals surface area contributed by atoms with E-state index in [2.05, 4.69) is 5.32 Å². The van der Waals surface area contributed by atoms with Crippen molar-refractivity contribution in [1.82, 2.24) is 0 Å². The predicted octanol–water partition coefficient (Wildman–Crippen LogP) is 2.54. The molecule has 0 aromatic heterocycles. The number of nitriles is 1. The highest BCUT2D eigenvalue weighted by Crippen LogP contribution is 2.18. The summed E-state index contributed by atoms with van der Waals surface area (Å²) in [6.07, 6.45) is 1.85. The lowest BCUT2D eigenvalue weighted by atomic mass is 10.2. The Morgan fingerprint density at radius 1 is 1.55 bits per heavy atom. The summed E-state index contributed by atoms with van der Waals surface area (Å²) >= 11 is 5.71. The van der Waals surface area contributed by atoms with Crippen molar-refractivity contribution in [1.29, 1.82) is 5.26 Å². The lowest BCUT2D eigenvalue weighted by molar-refractivity contribution is 1.41. The fraction of sp³-hybridized carbons (Fsp3) is 0.125. The molecule has 56 valence electrons. The summed E-state index contributed by atoms with van der Waals surface area (Å²) in [6.45, 7) is 1.89. The van der Waals surface area contributed by atoms with Crippen molar-refractivity contribution in [2.24, 2.45) is 0 Å². The van der Waals surface area contributed by atoms with E-state index in [9.17, 15) is 0 Å². The van der Waals surface area contributed by atoms with Gasteiger partial charge in [-0.2, -0.15) is 5.26 Å². The van der Waals surface area contributed by atoms with Crippen LogP contribution in [0.4, 0.5) is 5.69 Å². The van der Waals surface area contributed by atoms with Crippen LogP contribution in [-0.2, 0) is 0 Å². The van der Waals surface area contributed by atoms with Crippen LogP contribution in [0.25, 0.3) is 0 Å². The SMILES string of the molecule is Cc1cc(Cl)ccc1NC#N. The Morgan fingerprint density at radius 3 is 2.82 bits per heavy atom. The molecule has 0 spiro atoms. The zero-order chi connectivity index (χ0) is 8.27. The van der Waals surface area contributed by atoms with Crippen molar-refractivity contribution >= 4 is 17.3 Å². The van der Waals surface area contributed by atoms with Crippen molar-refractivity contribution in [2.45, 2.75) is 6.92 Å². The van der Waals surface area contributed by atoms with Gasteiger partial charge in [0.15, 0.2) is 6.19 Å². The first-order valence-electron chi connectivity index (χ1n) is 3.15. The Labute approximate surface area is 70.4 Å². The van der Waals surface area contributed by atoms with Crippen LogP contribution in [0.3, 0.4) is 0 Å². The monoisotopic (exact) mass is 166 g/mol.